The zero-order valence-corrected chi connectivity index (χ0v) is 8.10. The van der Waals surface area contributed by atoms with Crippen LogP contribution in [0.15, 0.2) is 35.2 Å². The third kappa shape index (κ3) is 3.79. The molecule has 0 aliphatic carbocycles. The van der Waals surface area contributed by atoms with E-state index in [1.165, 1.54) is 4.90 Å². The van der Waals surface area contributed by atoms with E-state index in [4.69, 9.17) is 5.73 Å². The Balaban J connectivity index is 2.25. The van der Waals surface area contributed by atoms with Gasteiger partial charge in [-0.05, 0) is 31.2 Å². The van der Waals surface area contributed by atoms with Gasteiger partial charge in [-0.25, -0.2) is 0 Å². The second kappa shape index (κ2) is 5.22. The summed E-state index contributed by atoms with van der Waals surface area (Å²) >= 11 is 1.83. The van der Waals surface area contributed by atoms with E-state index in [0.717, 1.165) is 12.2 Å². The van der Waals surface area contributed by atoms with Crippen LogP contribution in [0, 0.1) is 0 Å². The van der Waals surface area contributed by atoms with Crippen LogP contribution >= 0.6 is 11.8 Å². The van der Waals surface area contributed by atoms with Crippen molar-refractivity contribution in [2.24, 2.45) is 0 Å². The summed E-state index contributed by atoms with van der Waals surface area (Å²) in [6, 6.07) is 10.4. The molecule has 0 heterocycles. The lowest BCUT2D eigenvalue weighted by Gasteiger charge is -2.02. The fourth-order valence-electron chi connectivity index (χ4n) is 0.870. The molecule has 0 saturated heterocycles. The Morgan fingerprint density at radius 3 is 2.58 bits per heavy atom. The number of benzene rings is 1. The van der Waals surface area contributed by atoms with E-state index in [1.807, 2.05) is 36.9 Å². The average Bonchev–Trinajstić information content (AvgIpc) is 2.05. The van der Waals surface area contributed by atoms with Gasteiger partial charge in [0.25, 0.3) is 0 Å². The first-order chi connectivity index (χ1) is 5.79. The Morgan fingerprint density at radius 2 is 2.00 bits per heavy atom. The van der Waals surface area contributed by atoms with Gasteiger partial charge in [-0.2, -0.15) is 0 Å². The van der Waals surface area contributed by atoms with Gasteiger partial charge in [-0.3, -0.25) is 5.73 Å². The Hall–Kier alpha value is -0.470. The molecule has 0 unspecified atom stereocenters. The summed E-state index contributed by atoms with van der Waals surface area (Å²) in [4.78, 5) is 1.30. The number of thioether (sulfide) groups is 1. The fourth-order valence-corrected chi connectivity index (χ4v) is 1.93. The van der Waals surface area contributed by atoms with Crippen molar-refractivity contribution in [3.8, 4) is 0 Å². The quantitative estimate of drug-likeness (QED) is 0.654. The summed E-state index contributed by atoms with van der Waals surface area (Å²) in [6.45, 7) is 1.94. The molecule has 1 N–H and O–H groups in total. The summed E-state index contributed by atoms with van der Waals surface area (Å²) in [5, 5.41) is 0. The molecule has 0 aliphatic rings. The zero-order valence-electron chi connectivity index (χ0n) is 7.29. The molecule has 1 aromatic carbocycles. The normalized spacial score (nSPS) is 12.8. The van der Waals surface area contributed by atoms with Crippen LogP contribution in [0.3, 0.4) is 0 Å². The van der Waals surface area contributed by atoms with Crippen LogP contribution in [-0.2, 0) is 0 Å². The highest BCUT2D eigenvalue weighted by atomic mass is 32.2. The van der Waals surface area contributed by atoms with Gasteiger partial charge in [0.05, 0.1) is 0 Å². The first-order valence-electron chi connectivity index (χ1n) is 4.18. The van der Waals surface area contributed by atoms with E-state index in [1.54, 1.807) is 0 Å². The Bertz CT molecular complexity index is 208. The van der Waals surface area contributed by atoms with Gasteiger partial charge < -0.3 is 0 Å². The summed E-state index contributed by atoms with van der Waals surface area (Å²) in [5.74, 6) is 1.05. The minimum Gasteiger partial charge on any atom is -0.255 e. The highest BCUT2D eigenvalue weighted by molar-refractivity contribution is 7.99. The predicted octanol–water partition coefficient (Wildman–Crippen LogP) is 2.84. The molecule has 65 valence electrons. The molecule has 0 fully saturated rings. The molecule has 1 nitrogen and oxygen atoms in total. The topological polar surface area (TPSA) is 23.8 Å². The van der Waals surface area contributed by atoms with Crippen molar-refractivity contribution in [2.75, 3.05) is 5.75 Å². The fraction of sp³-hybridized carbons (Fsp3) is 0.400. The van der Waals surface area contributed by atoms with E-state index in [9.17, 15) is 0 Å². The van der Waals surface area contributed by atoms with E-state index >= 15 is 0 Å². The van der Waals surface area contributed by atoms with E-state index in [2.05, 4.69) is 12.1 Å². The lowest BCUT2D eigenvalue weighted by atomic mass is 10.3. The average molecular weight is 180 g/mol. The summed E-state index contributed by atoms with van der Waals surface area (Å²) in [6.07, 6.45) is 0.972. The van der Waals surface area contributed by atoms with Gasteiger partial charge in [0.15, 0.2) is 0 Å². The molecule has 0 amide bonds. The highest BCUT2D eigenvalue weighted by Crippen LogP contribution is 2.17. The van der Waals surface area contributed by atoms with Gasteiger partial charge in [0.2, 0.25) is 0 Å². The van der Waals surface area contributed by atoms with Crippen molar-refractivity contribution >= 4 is 11.8 Å². The van der Waals surface area contributed by atoms with Crippen LogP contribution in [0.1, 0.15) is 13.3 Å². The summed E-state index contributed by atoms with van der Waals surface area (Å²) in [7, 11) is 0. The van der Waals surface area contributed by atoms with Crippen LogP contribution in [0.4, 0.5) is 0 Å². The molecule has 12 heavy (non-hydrogen) atoms. The van der Waals surface area contributed by atoms with Gasteiger partial charge in [-0.1, -0.05) is 18.2 Å². The molecule has 0 bridgehead atoms. The number of nitrogens with one attached hydrogen (secondary N) is 1. The molecule has 1 atom stereocenters. The zero-order chi connectivity index (χ0) is 8.81. The van der Waals surface area contributed by atoms with Crippen LogP contribution in [-0.4, -0.2) is 11.8 Å². The second-order valence-electron chi connectivity index (χ2n) is 2.85. The van der Waals surface area contributed by atoms with E-state index < -0.39 is 0 Å². The molecular formula is C10H14NS. The first-order valence-corrected chi connectivity index (χ1v) is 5.16. The summed E-state index contributed by atoms with van der Waals surface area (Å²) in [5.41, 5.74) is 7.33. The minimum atomic E-state index is 0.0706. The molecule has 1 rings (SSSR count). The monoisotopic (exact) mass is 180 g/mol. The van der Waals surface area contributed by atoms with Crippen LogP contribution in [0.25, 0.3) is 0 Å². The third-order valence-electron chi connectivity index (χ3n) is 1.56. The van der Waals surface area contributed by atoms with Crippen molar-refractivity contribution in [3.63, 3.8) is 0 Å². The number of hydrogen-bond donors (Lipinski definition) is 0. The van der Waals surface area contributed by atoms with Crippen LogP contribution in [0.2, 0.25) is 0 Å². The molecule has 0 spiro atoms. The largest absolute Gasteiger partial charge is 0.255 e. The van der Waals surface area contributed by atoms with Crippen LogP contribution in [0.5, 0.6) is 0 Å². The maximum atomic E-state index is 7.33. The van der Waals surface area contributed by atoms with Gasteiger partial charge >= 0.3 is 0 Å². The van der Waals surface area contributed by atoms with Gasteiger partial charge in [-0.15, -0.1) is 11.8 Å². The highest BCUT2D eigenvalue weighted by Gasteiger charge is 1.95. The van der Waals surface area contributed by atoms with Gasteiger partial charge in [0.1, 0.15) is 0 Å². The molecule has 1 radical (unpaired) electrons. The molecule has 2 heteroatoms. The van der Waals surface area contributed by atoms with Gasteiger partial charge in [0, 0.05) is 10.9 Å². The lowest BCUT2D eigenvalue weighted by Crippen LogP contribution is -2.02. The first kappa shape index (κ1) is 9.62. The lowest BCUT2D eigenvalue weighted by molar-refractivity contribution is 0.699. The summed E-state index contributed by atoms with van der Waals surface area (Å²) < 4.78 is 0. The Kier molecular flexibility index (Phi) is 4.19. The van der Waals surface area contributed by atoms with Crippen molar-refractivity contribution in [1.82, 2.24) is 5.73 Å². The van der Waals surface area contributed by atoms with Crippen molar-refractivity contribution in [2.45, 2.75) is 24.3 Å². The van der Waals surface area contributed by atoms with Crippen molar-refractivity contribution < 1.29 is 0 Å². The Labute approximate surface area is 78.4 Å². The molecule has 0 aliphatic heterocycles. The smallest absolute Gasteiger partial charge is 0.0192 e. The second-order valence-corrected chi connectivity index (χ2v) is 4.02. The molecule has 1 aromatic rings. The van der Waals surface area contributed by atoms with E-state index in [0.29, 0.717) is 0 Å². The van der Waals surface area contributed by atoms with E-state index in [-0.39, 0.29) is 6.04 Å². The molecule has 0 saturated carbocycles. The standard InChI is InChI=1S/C10H14NS/c1-9(11)7-8-12-10-5-3-2-4-6-10/h2-6,9,11H,7-8H2,1H3/t9-/m0/s1. The maximum absolute atomic E-state index is 7.33. The molecule has 0 aromatic heterocycles. The van der Waals surface area contributed by atoms with Crippen molar-refractivity contribution in [3.05, 3.63) is 30.3 Å². The third-order valence-corrected chi connectivity index (χ3v) is 2.61. The number of hydrogen-bond acceptors (Lipinski definition) is 1. The Morgan fingerprint density at radius 1 is 1.33 bits per heavy atom. The minimum absolute atomic E-state index is 0.0706. The SMILES string of the molecule is C[C@H]([NH])CCSc1ccccc1. The number of rotatable bonds is 4. The van der Waals surface area contributed by atoms with Crippen LogP contribution < -0.4 is 5.73 Å². The maximum Gasteiger partial charge on any atom is 0.0192 e. The predicted molar refractivity (Wildman–Crippen MR) is 54.3 cm³/mol. The van der Waals surface area contributed by atoms with Crippen molar-refractivity contribution in [1.29, 1.82) is 0 Å². The molecular weight excluding hydrogens is 166 g/mol.